The molecule has 0 bridgehead atoms. The van der Waals surface area contributed by atoms with Crippen molar-refractivity contribution >= 4 is 50.9 Å². The zero-order valence-electron chi connectivity index (χ0n) is 21.2. The zero-order valence-corrected chi connectivity index (χ0v) is 24.3. The predicted octanol–water partition coefficient (Wildman–Crippen LogP) is 7.51. The Bertz CT molecular complexity index is 1040. The molecule has 2 aromatic carbocycles. The highest BCUT2D eigenvalue weighted by Crippen LogP contribution is 2.30. The third kappa shape index (κ3) is 7.62. The summed E-state index contributed by atoms with van der Waals surface area (Å²) in [5, 5.41) is 4.08. The van der Waals surface area contributed by atoms with E-state index in [0.29, 0.717) is 33.7 Å². The van der Waals surface area contributed by atoms with Gasteiger partial charge in [-0.3, -0.25) is 9.59 Å². The summed E-state index contributed by atoms with van der Waals surface area (Å²) in [5.74, 6) is 0.490. The lowest BCUT2D eigenvalue weighted by Crippen LogP contribution is -2.52. The molecule has 1 aliphatic carbocycles. The summed E-state index contributed by atoms with van der Waals surface area (Å²) >= 11 is 16.4. The van der Waals surface area contributed by atoms with Crippen LogP contribution in [-0.2, 0) is 16.1 Å². The summed E-state index contributed by atoms with van der Waals surface area (Å²) in [6.45, 7) is 6.04. The quantitative estimate of drug-likeness (QED) is 0.308. The maximum atomic E-state index is 13.5. The third-order valence-corrected chi connectivity index (χ3v) is 8.03. The van der Waals surface area contributed by atoms with Crippen molar-refractivity contribution in [1.82, 2.24) is 10.2 Å². The first kappa shape index (κ1) is 28.8. The Morgan fingerprint density at radius 1 is 1.11 bits per heavy atom. The molecule has 1 aliphatic rings. The van der Waals surface area contributed by atoms with Crippen LogP contribution in [0, 0.1) is 0 Å². The largest absolute Gasteiger partial charge is 0.483 e. The van der Waals surface area contributed by atoms with E-state index in [1.165, 1.54) is 12.0 Å². The molecule has 8 heteroatoms. The number of benzene rings is 2. The molecule has 3 rings (SSSR count). The molecule has 0 unspecified atom stereocenters. The summed E-state index contributed by atoms with van der Waals surface area (Å²) in [6, 6.07) is 10.6. The van der Waals surface area contributed by atoms with E-state index >= 15 is 0 Å². The van der Waals surface area contributed by atoms with Gasteiger partial charge in [0, 0.05) is 28.2 Å². The lowest BCUT2D eigenvalue weighted by molar-refractivity contribution is -0.143. The van der Waals surface area contributed by atoms with E-state index in [2.05, 4.69) is 35.1 Å². The van der Waals surface area contributed by atoms with Crippen molar-refractivity contribution in [3.63, 3.8) is 0 Å². The number of carbonyl (C=O) groups is 2. The number of hydrogen-bond donors (Lipinski definition) is 1. The fourth-order valence-corrected chi connectivity index (χ4v) is 5.56. The highest BCUT2D eigenvalue weighted by atomic mass is 79.9. The molecule has 0 spiro atoms. The van der Waals surface area contributed by atoms with Crippen LogP contribution in [0.5, 0.6) is 5.75 Å². The number of rotatable bonds is 10. The van der Waals surface area contributed by atoms with Gasteiger partial charge in [-0.1, -0.05) is 75.4 Å². The van der Waals surface area contributed by atoms with Crippen molar-refractivity contribution in [1.29, 1.82) is 0 Å². The third-order valence-electron chi connectivity index (χ3n) is 6.70. The monoisotopic (exact) mass is 596 g/mol. The second-order valence-corrected chi connectivity index (χ2v) is 11.3. The minimum atomic E-state index is -0.665. The molecule has 0 aliphatic heterocycles. The molecule has 0 aromatic heterocycles. The average molecular weight is 598 g/mol. The van der Waals surface area contributed by atoms with Crippen molar-refractivity contribution in [2.75, 3.05) is 6.61 Å². The van der Waals surface area contributed by atoms with E-state index in [4.69, 9.17) is 27.9 Å². The van der Waals surface area contributed by atoms with Crippen LogP contribution in [0.15, 0.2) is 40.9 Å². The molecule has 2 amide bonds. The van der Waals surface area contributed by atoms with Gasteiger partial charge in [0.25, 0.3) is 5.91 Å². The molecule has 1 saturated carbocycles. The second-order valence-electron chi connectivity index (χ2n) is 9.62. The molecule has 196 valence electrons. The number of hydrogen-bond acceptors (Lipinski definition) is 3. The van der Waals surface area contributed by atoms with Crippen molar-refractivity contribution < 1.29 is 14.3 Å². The molecule has 1 N–H and O–H groups in total. The Morgan fingerprint density at radius 3 is 2.36 bits per heavy atom. The van der Waals surface area contributed by atoms with Gasteiger partial charge in [-0.25, -0.2) is 0 Å². The molecule has 0 heterocycles. The summed E-state index contributed by atoms with van der Waals surface area (Å²) in [7, 11) is 0. The highest BCUT2D eigenvalue weighted by Gasteiger charge is 2.31. The summed E-state index contributed by atoms with van der Waals surface area (Å²) in [4.78, 5) is 28.4. The topological polar surface area (TPSA) is 58.6 Å². The van der Waals surface area contributed by atoms with Crippen LogP contribution >= 0.6 is 39.1 Å². The lowest BCUT2D eigenvalue weighted by atomic mass is 9.95. The summed E-state index contributed by atoms with van der Waals surface area (Å²) in [6.07, 6.45) is 5.81. The number of amides is 2. The van der Waals surface area contributed by atoms with E-state index < -0.39 is 6.04 Å². The number of ether oxygens (including phenoxy) is 1. The Hall–Kier alpha value is -1.76. The maximum Gasteiger partial charge on any atom is 0.261 e. The van der Waals surface area contributed by atoms with Gasteiger partial charge < -0.3 is 15.0 Å². The zero-order chi connectivity index (χ0) is 26.2. The minimum Gasteiger partial charge on any atom is -0.483 e. The van der Waals surface area contributed by atoms with Crippen LogP contribution < -0.4 is 10.1 Å². The van der Waals surface area contributed by atoms with Gasteiger partial charge in [0.15, 0.2) is 6.61 Å². The first-order valence-corrected chi connectivity index (χ1v) is 14.2. The smallest absolute Gasteiger partial charge is 0.261 e. The van der Waals surface area contributed by atoms with Crippen molar-refractivity contribution in [3.05, 3.63) is 62.0 Å². The SMILES string of the molecule is CC[C@@H](C(=O)NC1CCCCC1)N(Cc1c(Cl)cccc1Cl)C(=O)COc1ccc(C(C)C)cc1Br. The molecular formula is C28H35BrCl2N2O3. The summed E-state index contributed by atoms with van der Waals surface area (Å²) in [5.41, 5.74) is 1.78. The fraction of sp³-hybridized carbons (Fsp3) is 0.500. The number of nitrogens with zero attached hydrogens (tertiary/aromatic N) is 1. The van der Waals surface area contributed by atoms with Crippen LogP contribution in [0.25, 0.3) is 0 Å². The molecular weight excluding hydrogens is 563 g/mol. The van der Waals surface area contributed by atoms with Crippen LogP contribution in [0.1, 0.15) is 76.3 Å². The fourth-order valence-electron chi connectivity index (χ4n) is 4.53. The van der Waals surface area contributed by atoms with E-state index in [9.17, 15) is 9.59 Å². The standard InChI is InChI=1S/C28H35BrCl2N2O3/c1-4-25(28(35)32-20-9-6-5-7-10-20)33(16-21-23(30)11-8-12-24(21)31)27(34)17-36-26-14-13-19(18(2)3)15-22(26)29/h8,11-15,18,20,25H,4-7,9-10,16-17H2,1-3H3,(H,32,35)/t25-/m0/s1. The normalized spacial score (nSPS) is 15.0. The molecule has 5 nitrogen and oxygen atoms in total. The highest BCUT2D eigenvalue weighted by molar-refractivity contribution is 9.10. The maximum absolute atomic E-state index is 13.5. The van der Waals surface area contributed by atoms with E-state index in [1.54, 1.807) is 23.1 Å². The van der Waals surface area contributed by atoms with Gasteiger partial charge in [-0.15, -0.1) is 0 Å². The van der Waals surface area contributed by atoms with Crippen molar-refractivity contribution in [3.8, 4) is 5.75 Å². The van der Waals surface area contributed by atoms with Gasteiger partial charge in [-0.2, -0.15) is 0 Å². The lowest BCUT2D eigenvalue weighted by Gasteiger charge is -2.33. The van der Waals surface area contributed by atoms with Crippen molar-refractivity contribution in [2.24, 2.45) is 0 Å². The van der Waals surface area contributed by atoms with Crippen LogP contribution in [-0.4, -0.2) is 35.4 Å². The van der Waals surface area contributed by atoms with Gasteiger partial charge in [-0.05, 0) is 70.9 Å². The van der Waals surface area contributed by atoms with Gasteiger partial charge >= 0.3 is 0 Å². The molecule has 2 aromatic rings. The van der Waals surface area contributed by atoms with Gasteiger partial charge in [0.2, 0.25) is 5.91 Å². The van der Waals surface area contributed by atoms with Crippen LogP contribution in [0.2, 0.25) is 10.0 Å². The Labute approximate surface area is 233 Å². The molecule has 36 heavy (non-hydrogen) atoms. The second kappa shape index (κ2) is 13.7. The number of nitrogens with one attached hydrogen (secondary N) is 1. The average Bonchev–Trinajstić information content (AvgIpc) is 2.85. The molecule has 1 fully saturated rings. The van der Waals surface area contributed by atoms with E-state index in [-0.39, 0.29) is 31.0 Å². The van der Waals surface area contributed by atoms with E-state index in [0.717, 1.165) is 30.2 Å². The minimum absolute atomic E-state index is 0.116. The summed E-state index contributed by atoms with van der Waals surface area (Å²) < 4.78 is 6.68. The van der Waals surface area contributed by atoms with Gasteiger partial charge in [0.05, 0.1) is 4.47 Å². The number of halogens is 3. The Morgan fingerprint density at radius 2 is 1.78 bits per heavy atom. The van der Waals surface area contributed by atoms with Gasteiger partial charge in [0.1, 0.15) is 11.8 Å². The predicted molar refractivity (Wildman–Crippen MR) is 150 cm³/mol. The van der Waals surface area contributed by atoms with Crippen molar-refractivity contribution in [2.45, 2.75) is 83.8 Å². The van der Waals surface area contributed by atoms with E-state index in [1.807, 2.05) is 25.1 Å². The first-order valence-electron chi connectivity index (χ1n) is 12.7. The number of carbonyl (C=O) groups excluding carboxylic acids is 2. The molecule has 1 atom stereocenters. The Kier molecular flexibility index (Phi) is 11.0. The molecule has 0 saturated heterocycles. The molecule has 0 radical (unpaired) electrons. The first-order chi connectivity index (χ1) is 17.2. The van der Waals surface area contributed by atoms with Crippen LogP contribution in [0.4, 0.5) is 0 Å². The Balaban J connectivity index is 1.81. The van der Waals surface area contributed by atoms with Crippen LogP contribution in [0.3, 0.4) is 0 Å².